The number of nitrogens with one attached hydrogen (secondary N) is 1. The fourth-order valence-corrected chi connectivity index (χ4v) is 5.86. The van der Waals surface area contributed by atoms with Crippen molar-refractivity contribution in [3.63, 3.8) is 0 Å². The normalized spacial score (nSPS) is 25.6. The number of para-hydroxylation sites is 1. The molecular weight excluding hydrogens is 478 g/mol. The predicted octanol–water partition coefficient (Wildman–Crippen LogP) is 3.32. The summed E-state index contributed by atoms with van der Waals surface area (Å²) < 4.78 is 0. The average molecular weight is 500 g/mol. The number of amides is 2. The van der Waals surface area contributed by atoms with E-state index in [4.69, 9.17) is 4.98 Å². The number of aromatic nitrogens is 3. The minimum Gasteiger partial charge on any atom is -0.293 e. The zero-order chi connectivity index (χ0) is 25.9. The lowest BCUT2D eigenvalue weighted by atomic mass is 9.80. The maximum atomic E-state index is 13.9. The Morgan fingerprint density at radius 3 is 1.97 bits per heavy atom. The molecule has 4 unspecified atom stereocenters. The Labute approximate surface area is 218 Å². The summed E-state index contributed by atoms with van der Waals surface area (Å²) in [7, 11) is 0. The second kappa shape index (κ2) is 8.36. The predicted molar refractivity (Wildman–Crippen MR) is 139 cm³/mol. The first-order valence-corrected chi connectivity index (χ1v) is 12.4. The number of imide groups is 1. The van der Waals surface area contributed by atoms with Crippen LogP contribution >= 0.6 is 0 Å². The van der Waals surface area contributed by atoms with E-state index < -0.39 is 35.2 Å². The van der Waals surface area contributed by atoms with E-state index in [0.29, 0.717) is 17.1 Å². The fraction of sp³-hybridized carbons (Fsp3) is 0.133. The third kappa shape index (κ3) is 3.13. The third-order valence-corrected chi connectivity index (χ3v) is 7.58. The Bertz CT molecular complexity index is 1620. The molecule has 1 N–H and O–H groups in total. The molecule has 4 aromatic rings. The molecule has 184 valence electrons. The second-order valence-corrected chi connectivity index (χ2v) is 9.64. The molecule has 4 heterocycles. The molecule has 0 spiro atoms. The lowest BCUT2D eigenvalue weighted by Gasteiger charge is -2.32. The van der Waals surface area contributed by atoms with E-state index in [1.54, 1.807) is 30.3 Å². The molecule has 7 rings (SSSR count). The molecule has 2 bridgehead atoms. The van der Waals surface area contributed by atoms with Gasteiger partial charge in [-0.15, -0.1) is 10.2 Å². The van der Waals surface area contributed by atoms with E-state index in [0.717, 1.165) is 11.1 Å². The van der Waals surface area contributed by atoms with Gasteiger partial charge in [0.1, 0.15) is 16.9 Å². The number of carbonyl (C=O) groups excluding carboxylic acids is 3. The number of carbonyl (C=O) groups is 3. The molecule has 2 saturated heterocycles. The van der Waals surface area contributed by atoms with Gasteiger partial charge in [-0.1, -0.05) is 84.9 Å². The monoisotopic (exact) mass is 499 g/mol. The van der Waals surface area contributed by atoms with Crippen LogP contribution in [0.5, 0.6) is 0 Å². The number of hydrogen-bond acceptors (Lipinski definition) is 7. The summed E-state index contributed by atoms with van der Waals surface area (Å²) in [6, 6.07) is 27.2. The number of rotatable bonds is 4. The molecule has 0 aliphatic carbocycles. The lowest BCUT2D eigenvalue weighted by molar-refractivity contribution is -0.126. The highest BCUT2D eigenvalue weighted by Crippen LogP contribution is 2.51. The largest absolute Gasteiger partial charge is 0.293 e. The summed E-state index contributed by atoms with van der Waals surface area (Å²) >= 11 is 0. The highest BCUT2D eigenvalue weighted by molar-refractivity contribution is 6.25. The summed E-state index contributed by atoms with van der Waals surface area (Å²) in [5.74, 6) is -2.56. The molecular formula is C30H21N5O3. The van der Waals surface area contributed by atoms with Gasteiger partial charge in [0.15, 0.2) is 11.6 Å². The SMILES string of the molecule is O=C1C=CC2(c3nnc(-c4ccccc4)c(-c4ccccc4)n3)NC1C1C(=O)N(c3ccccc3)C(=O)C12. The Morgan fingerprint density at radius 1 is 0.711 bits per heavy atom. The quantitative estimate of drug-likeness (QED) is 0.430. The summed E-state index contributed by atoms with van der Waals surface area (Å²) in [6.45, 7) is 0. The second-order valence-electron chi connectivity index (χ2n) is 9.64. The maximum Gasteiger partial charge on any atom is 0.240 e. The summed E-state index contributed by atoms with van der Waals surface area (Å²) in [6.07, 6.45) is 3.06. The molecule has 38 heavy (non-hydrogen) atoms. The van der Waals surface area contributed by atoms with Crippen molar-refractivity contribution in [3.8, 4) is 22.5 Å². The van der Waals surface area contributed by atoms with E-state index in [9.17, 15) is 14.4 Å². The van der Waals surface area contributed by atoms with Crippen molar-refractivity contribution >= 4 is 23.3 Å². The smallest absolute Gasteiger partial charge is 0.240 e. The molecule has 2 amide bonds. The van der Waals surface area contributed by atoms with Crippen molar-refractivity contribution in [2.75, 3.05) is 4.90 Å². The molecule has 3 aliphatic rings. The van der Waals surface area contributed by atoms with Crippen LogP contribution < -0.4 is 10.2 Å². The van der Waals surface area contributed by atoms with Gasteiger partial charge in [-0.05, 0) is 18.2 Å². The van der Waals surface area contributed by atoms with Crippen molar-refractivity contribution < 1.29 is 14.4 Å². The van der Waals surface area contributed by atoms with Crippen molar-refractivity contribution in [1.29, 1.82) is 0 Å². The van der Waals surface area contributed by atoms with Gasteiger partial charge in [-0.3, -0.25) is 19.7 Å². The van der Waals surface area contributed by atoms with E-state index in [-0.39, 0.29) is 11.6 Å². The van der Waals surface area contributed by atoms with E-state index in [1.807, 2.05) is 66.7 Å². The van der Waals surface area contributed by atoms with Crippen LogP contribution in [0.25, 0.3) is 22.5 Å². The molecule has 0 radical (unpaired) electrons. The topological polar surface area (TPSA) is 105 Å². The Hall–Kier alpha value is -4.82. The number of benzene rings is 3. The molecule has 1 aromatic heterocycles. The lowest BCUT2D eigenvalue weighted by Crippen LogP contribution is -2.53. The number of anilines is 1. The first kappa shape index (κ1) is 22.4. The van der Waals surface area contributed by atoms with Gasteiger partial charge in [-0.25, -0.2) is 9.88 Å². The van der Waals surface area contributed by atoms with E-state index in [1.165, 1.54) is 11.0 Å². The number of nitrogens with zero attached hydrogens (tertiary/aromatic N) is 4. The van der Waals surface area contributed by atoms with Crippen molar-refractivity contribution in [1.82, 2.24) is 20.5 Å². The van der Waals surface area contributed by atoms with E-state index in [2.05, 4.69) is 15.5 Å². The van der Waals surface area contributed by atoms with Crippen molar-refractivity contribution in [2.24, 2.45) is 11.8 Å². The molecule has 2 fully saturated rings. The average Bonchev–Trinajstić information content (AvgIpc) is 3.42. The highest BCUT2D eigenvalue weighted by atomic mass is 16.2. The van der Waals surface area contributed by atoms with Gasteiger partial charge in [0, 0.05) is 11.1 Å². The van der Waals surface area contributed by atoms with Crippen molar-refractivity contribution in [3.05, 3.63) is 109 Å². The van der Waals surface area contributed by atoms with Crippen LogP contribution in [0.4, 0.5) is 5.69 Å². The minimum absolute atomic E-state index is 0.244. The zero-order valence-electron chi connectivity index (χ0n) is 20.1. The van der Waals surface area contributed by atoms with Crippen LogP contribution in [0.2, 0.25) is 0 Å². The van der Waals surface area contributed by atoms with Gasteiger partial charge >= 0.3 is 0 Å². The molecule has 3 aliphatic heterocycles. The first-order chi connectivity index (χ1) is 18.6. The van der Waals surface area contributed by atoms with Crippen LogP contribution in [0.1, 0.15) is 5.82 Å². The summed E-state index contributed by atoms with van der Waals surface area (Å²) in [5, 5.41) is 12.4. The highest BCUT2D eigenvalue weighted by Gasteiger charge is 2.69. The zero-order valence-corrected chi connectivity index (χ0v) is 20.1. The Kier molecular flexibility index (Phi) is 4.92. The van der Waals surface area contributed by atoms with Crippen LogP contribution in [0.15, 0.2) is 103 Å². The molecule has 8 nitrogen and oxygen atoms in total. The number of fused-ring (bicyclic) bond motifs is 5. The summed E-state index contributed by atoms with van der Waals surface area (Å²) in [5.41, 5.74) is 2.09. The minimum atomic E-state index is -1.26. The third-order valence-electron chi connectivity index (χ3n) is 7.58. The van der Waals surface area contributed by atoms with E-state index >= 15 is 0 Å². The Balaban J connectivity index is 1.41. The number of ketones is 1. The van der Waals surface area contributed by atoms with Gasteiger partial charge < -0.3 is 0 Å². The molecule has 0 saturated carbocycles. The van der Waals surface area contributed by atoms with Crippen LogP contribution in [-0.4, -0.2) is 38.8 Å². The standard InChI is InChI=1S/C30H21N5O3/c36-21-16-17-30(23-22(26(21)32-30)27(37)35(28(23)38)20-14-8-3-9-15-20)29-31-24(18-10-4-1-5-11-18)25(33-34-29)19-12-6-2-7-13-19/h1-17,22-23,26,32H. The summed E-state index contributed by atoms with van der Waals surface area (Å²) in [4.78, 5) is 46.6. The van der Waals surface area contributed by atoms with Gasteiger partial charge in [0.25, 0.3) is 0 Å². The number of hydrogen-bond donors (Lipinski definition) is 1. The Morgan fingerprint density at radius 2 is 1.32 bits per heavy atom. The van der Waals surface area contributed by atoms with Gasteiger partial charge in [0.05, 0.1) is 23.6 Å². The first-order valence-electron chi connectivity index (χ1n) is 12.4. The van der Waals surface area contributed by atoms with Crippen LogP contribution in [-0.2, 0) is 19.9 Å². The van der Waals surface area contributed by atoms with Crippen LogP contribution in [0.3, 0.4) is 0 Å². The van der Waals surface area contributed by atoms with Gasteiger partial charge in [-0.2, -0.15) is 0 Å². The van der Waals surface area contributed by atoms with Crippen molar-refractivity contribution in [2.45, 2.75) is 11.6 Å². The molecule has 4 atom stereocenters. The van der Waals surface area contributed by atoms with Crippen LogP contribution in [0, 0.1) is 11.8 Å². The fourth-order valence-electron chi connectivity index (χ4n) is 5.86. The molecule has 8 heteroatoms. The van der Waals surface area contributed by atoms with Gasteiger partial charge in [0.2, 0.25) is 11.8 Å². The maximum absolute atomic E-state index is 13.9. The molecule has 3 aromatic carbocycles.